The number of carbonyl (C=O) groups is 1. The zero-order valence-electron chi connectivity index (χ0n) is 14.9. The van der Waals surface area contributed by atoms with Crippen molar-refractivity contribution in [3.63, 3.8) is 0 Å². The number of amides is 1. The van der Waals surface area contributed by atoms with E-state index in [1.165, 1.54) is 5.56 Å². The highest BCUT2D eigenvalue weighted by atomic mass is 16.7. The van der Waals surface area contributed by atoms with Gasteiger partial charge in [0.1, 0.15) is 5.58 Å². The lowest BCUT2D eigenvalue weighted by Crippen LogP contribution is -2.50. The average Bonchev–Trinajstić information content (AvgIpc) is 3.29. The van der Waals surface area contributed by atoms with E-state index in [-0.39, 0.29) is 18.2 Å². The van der Waals surface area contributed by atoms with Gasteiger partial charge in [-0.15, -0.1) is 0 Å². The van der Waals surface area contributed by atoms with E-state index in [0.717, 1.165) is 47.9 Å². The first-order valence-electron chi connectivity index (χ1n) is 9.14. The van der Waals surface area contributed by atoms with Gasteiger partial charge in [-0.1, -0.05) is 12.1 Å². The molecule has 0 radical (unpaired) electrons. The summed E-state index contributed by atoms with van der Waals surface area (Å²) in [5.41, 5.74) is 4.19. The Balaban J connectivity index is 1.55. The minimum atomic E-state index is -0.268. The summed E-state index contributed by atoms with van der Waals surface area (Å²) in [5.74, 6) is 0.129. The predicted molar refractivity (Wildman–Crippen MR) is 94.4 cm³/mol. The number of likely N-dealkylation sites (tertiary alicyclic amines) is 1. The second kappa shape index (κ2) is 6.81. The number of aryl methyl sites for hydroxylation is 2. The number of furan rings is 1. The first-order valence-corrected chi connectivity index (χ1v) is 9.14. The molecule has 2 fully saturated rings. The van der Waals surface area contributed by atoms with Gasteiger partial charge in [0.25, 0.3) is 0 Å². The summed E-state index contributed by atoms with van der Waals surface area (Å²) in [7, 11) is 0. The average molecular weight is 343 g/mol. The largest absolute Gasteiger partial charge is 0.464 e. The van der Waals surface area contributed by atoms with E-state index < -0.39 is 0 Å². The molecule has 2 saturated heterocycles. The van der Waals surface area contributed by atoms with Gasteiger partial charge in [-0.05, 0) is 44.2 Å². The summed E-state index contributed by atoms with van der Waals surface area (Å²) in [6.07, 6.45) is 4.93. The van der Waals surface area contributed by atoms with Gasteiger partial charge in [0, 0.05) is 17.5 Å². The van der Waals surface area contributed by atoms with E-state index in [2.05, 4.69) is 26.0 Å². The van der Waals surface area contributed by atoms with Crippen molar-refractivity contribution in [3.8, 4) is 0 Å². The van der Waals surface area contributed by atoms with Gasteiger partial charge in [0.2, 0.25) is 5.91 Å². The Hall–Kier alpha value is -1.85. The number of fused-ring (bicyclic) bond motifs is 1. The monoisotopic (exact) mass is 343 g/mol. The molecule has 0 saturated carbocycles. The maximum atomic E-state index is 13.0. The lowest BCUT2D eigenvalue weighted by molar-refractivity contribution is -0.149. The minimum absolute atomic E-state index is 0.0332. The molecule has 5 heteroatoms. The molecule has 1 unspecified atom stereocenters. The molecular weight excluding hydrogens is 318 g/mol. The van der Waals surface area contributed by atoms with E-state index in [1.54, 1.807) is 6.26 Å². The summed E-state index contributed by atoms with van der Waals surface area (Å²) in [4.78, 5) is 15.0. The third kappa shape index (κ3) is 3.07. The van der Waals surface area contributed by atoms with Gasteiger partial charge < -0.3 is 18.8 Å². The zero-order chi connectivity index (χ0) is 17.4. The standard InChI is InChI=1S/C20H25NO4/c1-13-6-7-16-15(12-25-19(16)14(13)2)11-18(22)21-8-4-3-5-17(21)20-23-9-10-24-20/h6-7,12,17,20H,3-5,8-11H2,1-2H3. The molecule has 134 valence electrons. The molecule has 0 N–H and O–H groups in total. The van der Waals surface area contributed by atoms with Gasteiger partial charge in [0.05, 0.1) is 31.9 Å². The molecule has 2 aliphatic heterocycles. The zero-order valence-corrected chi connectivity index (χ0v) is 14.9. The molecule has 1 amide bonds. The quantitative estimate of drug-likeness (QED) is 0.858. The summed E-state index contributed by atoms with van der Waals surface area (Å²) in [6, 6.07) is 4.18. The summed E-state index contributed by atoms with van der Waals surface area (Å²) < 4.78 is 17.1. The van der Waals surface area contributed by atoms with Crippen LogP contribution >= 0.6 is 0 Å². The van der Waals surface area contributed by atoms with Crippen molar-refractivity contribution in [2.75, 3.05) is 19.8 Å². The molecule has 0 aliphatic carbocycles. The third-order valence-electron chi connectivity index (χ3n) is 5.51. The number of hydrogen-bond donors (Lipinski definition) is 0. The van der Waals surface area contributed by atoms with E-state index in [1.807, 2.05) is 4.90 Å². The first kappa shape index (κ1) is 16.6. The maximum absolute atomic E-state index is 13.0. The summed E-state index contributed by atoms with van der Waals surface area (Å²) in [6.45, 7) is 6.15. The Bertz CT molecular complexity index is 775. The van der Waals surface area contributed by atoms with Crippen LogP contribution in [0.2, 0.25) is 0 Å². The number of piperidine rings is 1. The smallest absolute Gasteiger partial charge is 0.227 e. The van der Waals surface area contributed by atoms with Crippen molar-refractivity contribution in [2.24, 2.45) is 0 Å². The normalized spacial score (nSPS) is 22.0. The van der Waals surface area contributed by atoms with Gasteiger partial charge in [-0.3, -0.25) is 4.79 Å². The van der Waals surface area contributed by atoms with Crippen LogP contribution in [0.1, 0.15) is 36.0 Å². The predicted octanol–water partition coefficient (Wildman–Crippen LogP) is 3.35. The van der Waals surface area contributed by atoms with Gasteiger partial charge in [-0.2, -0.15) is 0 Å². The van der Waals surface area contributed by atoms with Crippen LogP contribution in [0.3, 0.4) is 0 Å². The van der Waals surface area contributed by atoms with Crippen LogP contribution in [0.15, 0.2) is 22.8 Å². The fourth-order valence-corrected chi connectivity index (χ4v) is 3.94. The molecular formula is C20H25NO4. The van der Waals surface area contributed by atoms with Gasteiger partial charge >= 0.3 is 0 Å². The highest BCUT2D eigenvalue weighted by Gasteiger charge is 2.36. The topological polar surface area (TPSA) is 51.9 Å². The van der Waals surface area contributed by atoms with Crippen molar-refractivity contribution in [1.82, 2.24) is 4.90 Å². The fourth-order valence-electron chi connectivity index (χ4n) is 3.94. The summed E-state index contributed by atoms with van der Waals surface area (Å²) >= 11 is 0. The summed E-state index contributed by atoms with van der Waals surface area (Å²) in [5, 5.41) is 1.04. The minimum Gasteiger partial charge on any atom is -0.464 e. The second-order valence-corrected chi connectivity index (χ2v) is 7.08. The second-order valence-electron chi connectivity index (χ2n) is 7.08. The number of nitrogens with zero attached hydrogens (tertiary/aromatic N) is 1. The molecule has 3 heterocycles. The first-order chi connectivity index (χ1) is 12.1. The van der Waals surface area contributed by atoms with Crippen LogP contribution in [0.25, 0.3) is 11.0 Å². The van der Waals surface area contributed by atoms with Crippen LogP contribution in [-0.4, -0.2) is 42.9 Å². The van der Waals surface area contributed by atoms with Crippen LogP contribution in [-0.2, 0) is 20.7 Å². The molecule has 4 rings (SSSR count). The van der Waals surface area contributed by atoms with Crippen LogP contribution in [0.4, 0.5) is 0 Å². The highest BCUT2D eigenvalue weighted by Crippen LogP contribution is 2.29. The van der Waals surface area contributed by atoms with E-state index in [9.17, 15) is 4.79 Å². The number of carbonyl (C=O) groups excluding carboxylic acids is 1. The molecule has 1 aromatic heterocycles. The van der Waals surface area contributed by atoms with E-state index >= 15 is 0 Å². The number of ether oxygens (including phenoxy) is 2. The van der Waals surface area contributed by atoms with Crippen LogP contribution < -0.4 is 0 Å². The number of rotatable bonds is 3. The molecule has 0 bridgehead atoms. The van der Waals surface area contributed by atoms with E-state index in [0.29, 0.717) is 19.6 Å². The highest BCUT2D eigenvalue weighted by molar-refractivity contribution is 5.89. The number of benzene rings is 1. The molecule has 25 heavy (non-hydrogen) atoms. The number of hydrogen-bond acceptors (Lipinski definition) is 4. The Morgan fingerprint density at radius 2 is 2.00 bits per heavy atom. The van der Waals surface area contributed by atoms with Crippen molar-refractivity contribution in [3.05, 3.63) is 35.1 Å². The molecule has 5 nitrogen and oxygen atoms in total. The lowest BCUT2D eigenvalue weighted by atomic mass is 9.99. The Morgan fingerprint density at radius 3 is 2.80 bits per heavy atom. The van der Waals surface area contributed by atoms with Crippen molar-refractivity contribution in [2.45, 2.75) is 51.9 Å². The molecule has 2 aliphatic rings. The lowest BCUT2D eigenvalue weighted by Gasteiger charge is -2.38. The Labute approximate surface area is 147 Å². The Morgan fingerprint density at radius 1 is 1.20 bits per heavy atom. The van der Waals surface area contributed by atoms with Crippen molar-refractivity contribution < 1.29 is 18.7 Å². The van der Waals surface area contributed by atoms with Gasteiger partial charge in [0.15, 0.2) is 6.29 Å². The maximum Gasteiger partial charge on any atom is 0.227 e. The molecule has 0 spiro atoms. The van der Waals surface area contributed by atoms with E-state index in [4.69, 9.17) is 13.9 Å². The molecule has 1 aromatic carbocycles. The van der Waals surface area contributed by atoms with Crippen LogP contribution in [0.5, 0.6) is 0 Å². The van der Waals surface area contributed by atoms with Crippen LogP contribution in [0, 0.1) is 13.8 Å². The molecule has 2 aromatic rings. The Kier molecular flexibility index (Phi) is 4.52. The third-order valence-corrected chi connectivity index (χ3v) is 5.51. The fraction of sp³-hybridized carbons (Fsp3) is 0.550. The molecule has 1 atom stereocenters. The van der Waals surface area contributed by atoms with Crippen molar-refractivity contribution in [1.29, 1.82) is 0 Å². The SMILES string of the molecule is Cc1ccc2c(CC(=O)N3CCCCC3C3OCCO3)coc2c1C. The van der Waals surface area contributed by atoms with Gasteiger partial charge in [-0.25, -0.2) is 0 Å². The van der Waals surface area contributed by atoms with Crippen molar-refractivity contribution >= 4 is 16.9 Å².